The van der Waals surface area contributed by atoms with Crippen molar-refractivity contribution < 1.29 is 4.79 Å². The maximum atomic E-state index is 11.8. The fourth-order valence-corrected chi connectivity index (χ4v) is 4.58. The number of thiophene rings is 1. The van der Waals surface area contributed by atoms with E-state index >= 15 is 0 Å². The van der Waals surface area contributed by atoms with Gasteiger partial charge in [-0.3, -0.25) is 9.78 Å². The quantitative estimate of drug-likeness (QED) is 0.545. The summed E-state index contributed by atoms with van der Waals surface area (Å²) in [7, 11) is 0. The van der Waals surface area contributed by atoms with Crippen LogP contribution in [0.3, 0.4) is 0 Å². The lowest BCUT2D eigenvalue weighted by atomic mass is 9.95. The van der Waals surface area contributed by atoms with E-state index in [0.717, 1.165) is 55.1 Å². The Kier molecular flexibility index (Phi) is 6.83. The number of hydrogen-bond acceptors (Lipinski definition) is 7. The lowest BCUT2D eigenvalue weighted by molar-refractivity contribution is -0.127. The molecule has 1 saturated heterocycles. The van der Waals surface area contributed by atoms with Crippen LogP contribution < -0.4 is 5.32 Å². The first-order valence-corrected chi connectivity index (χ1v) is 11.5. The number of tetrazole rings is 1. The number of pyridine rings is 1. The first-order valence-electron chi connectivity index (χ1n) is 10.6. The highest BCUT2D eigenvalue weighted by Crippen LogP contribution is 2.25. The number of carbonyl (C=O) groups is 1. The van der Waals surface area contributed by atoms with Crippen molar-refractivity contribution in [3.05, 3.63) is 59.2 Å². The van der Waals surface area contributed by atoms with Crippen molar-refractivity contribution in [2.75, 3.05) is 19.6 Å². The minimum absolute atomic E-state index is 0.0168. The molecule has 4 rings (SSSR count). The van der Waals surface area contributed by atoms with Crippen molar-refractivity contribution in [2.24, 2.45) is 5.92 Å². The average Bonchev–Trinajstić information content (AvgIpc) is 3.52. The number of hydrogen-bond donors (Lipinski definition) is 1. The van der Waals surface area contributed by atoms with E-state index in [1.165, 1.54) is 6.08 Å². The predicted octanol–water partition coefficient (Wildman–Crippen LogP) is 2.92. The van der Waals surface area contributed by atoms with Gasteiger partial charge in [-0.1, -0.05) is 12.6 Å². The minimum atomic E-state index is -0.146. The molecule has 1 fully saturated rings. The zero-order valence-corrected chi connectivity index (χ0v) is 18.5. The van der Waals surface area contributed by atoms with E-state index in [0.29, 0.717) is 12.5 Å². The molecule has 0 aromatic carbocycles. The Morgan fingerprint density at radius 2 is 2.19 bits per heavy atom. The molecule has 8 nitrogen and oxygen atoms in total. The normalized spacial score (nSPS) is 15.7. The van der Waals surface area contributed by atoms with E-state index < -0.39 is 0 Å². The Balaban J connectivity index is 1.48. The van der Waals surface area contributed by atoms with Crippen molar-refractivity contribution in [3.63, 3.8) is 0 Å². The number of carbonyl (C=O) groups excluding carboxylic acids is 1. The molecule has 0 bridgehead atoms. The van der Waals surface area contributed by atoms with Crippen LogP contribution in [-0.4, -0.2) is 55.6 Å². The van der Waals surface area contributed by atoms with Crippen molar-refractivity contribution in [2.45, 2.75) is 32.4 Å². The third-order valence-electron chi connectivity index (χ3n) is 5.77. The Bertz CT molecular complexity index is 991. The zero-order valence-electron chi connectivity index (χ0n) is 17.6. The van der Waals surface area contributed by atoms with Crippen LogP contribution in [0.25, 0.3) is 11.3 Å². The molecule has 1 amide bonds. The summed E-state index contributed by atoms with van der Waals surface area (Å²) in [6.07, 6.45) is 5.23. The highest BCUT2D eigenvalue weighted by atomic mass is 32.1. The van der Waals surface area contributed by atoms with Gasteiger partial charge in [-0.15, -0.1) is 5.10 Å². The molecule has 1 atom stereocenters. The molecule has 1 N–H and O–H groups in total. The second-order valence-electron chi connectivity index (χ2n) is 7.66. The first-order chi connectivity index (χ1) is 15.2. The predicted molar refractivity (Wildman–Crippen MR) is 120 cm³/mol. The van der Waals surface area contributed by atoms with Gasteiger partial charge in [0.15, 0.2) is 5.82 Å². The summed E-state index contributed by atoms with van der Waals surface area (Å²) >= 11 is 1.66. The number of amides is 1. The number of piperidine rings is 1. The van der Waals surface area contributed by atoms with Crippen molar-refractivity contribution in [1.29, 1.82) is 0 Å². The van der Waals surface area contributed by atoms with E-state index in [4.69, 9.17) is 0 Å². The highest BCUT2D eigenvalue weighted by molar-refractivity contribution is 7.08. The van der Waals surface area contributed by atoms with Gasteiger partial charge in [0.1, 0.15) is 0 Å². The molecular formula is C22H27N7OS. The molecule has 0 aliphatic carbocycles. The van der Waals surface area contributed by atoms with E-state index in [-0.39, 0.29) is 11.9 Å². The van der Waals surface area contributed by atoms with Crippen LogP contribution in [0.1, 0.15) is 37.2 Å². The number of nitrogens with zero attached hydrogens (tertiary/aromatic N) is 6. The van der Waals surface area contributed by atoms with Gasteiger partial charge in [-0.25, -0.2) is 4.68 Å². The Morgan fingerprint density at radius 3 is 2.84 bits per heavy atom. The van der Waals surface area contributed by atoms with Gasteiger partial charge in [0.25, 0.3) is 0 Å². The maximum Gasteiger partial charge on any atom is 0.245 e. The topological polar surface area (TPSA) is 88.8 Å². The lowest BCUT2D eigenvalue weighted by Gasteiger charge is -2.32. The van der Waals surface area contributed by atoms with Crippen molar-refractivity contribution >= 4 is 17.2 Å². The zero-order chi connectivity index (χ0) is 21.6. The Labute approximate surface area is 186 Å². The number of aryl methyl sites for hydroxylation is 1. The number of nitrogens with one attached hydrogen (secondary N) is 1. The van der Waals surface area contributed by atoms with Crippen LogP contribution in [0, 0.1) is 5.92 Å². The maximum absolute atomic E-state index is 11.8. The molecule has 4 heterocycles. The molecule has 3 aromatic heterocycles. The third-order valence-corrected chi connectivity index (χ3v) is 6.45. The number of aromatic nitrogens is 5. The summed E-state index contributed by atoms with van der Waals surface area (Å²) in [5.41, 5.74) is 3.11. The molecule has 1 unspecified atom stereocenters. The number of likely N-dealkylation sites (tertiary alicyclic amines) is 1. The van der Waals surface area contributed by atoms with Gasteiger partial charge in [0.2, 0.25) is 5.91 Å². The summed E-state index contributed by atoms with van der Waals surface area (Å²) in [5, 5.41) is 20.1. The SMILES string of the molecule is C=CC(=O)N1CCC(CNC(c2ccc(-c3ccsc3)nc2)c2nnnn2CC)CC1. The average molecular weight is 438 g/mol. The molecule has 162 valence electrons. The first kappa shape index (κ1) is 21.3. The standard InChI is InChI=1S/C22H27N7OS/c1-3-20(30)28-10-7-16(8-11-28)13-24-21(22-25-26-27-29(22)4-2)17-5-6-19(23-14-17)18-9-12-31-15-18/h3,5-6,9,12,14-16,21,24H,1,4,7-8,10-11,13H2,2H3. The van der Waals surface area contributed by atoms with Crippen LogP contribution in [0.15, 0.2) is 47.8 Å². The highest BCUT2D eigenvalue weighted by Gasteiger charge is 2.25. The van der Waals surface area contributed by atoms with Crippen molar-refractivity contribution in [1.82, 2.24) is 35.4 Å². The van der Waals surface area contributed by atoms with E-state index in [1.54, 1.807) is 11.3 Å². The van der Waals surface area contributed by atoms with Gasteiger partial charge in [0.05, 0.1) is 11.7 Å². The summed E-state index contributed by atoms with van der Waals surface area (Å²) in [6.45, 7) is 8.67. The van der Waals surface area contributed by atoms with Gasteiger partial charge in [-0.05, 0) is 71.8 Å². The van der Waals surface area contributed by atoms with Gasteiger partial charge in [0, 0.05) is 36.8 Å². The molecule has 0 radical (unpaired) electrons. The Hall–Kier alpha value is -2.91. The molecule has 0 spiro atoms. The van der Waals surface area contributed by atoms with Gasteiger partial charge < -0.3 is 10.2 Å². The Morgan fingerprint density at radius 1 is 1.35 bits per heavy atom. The van der Waals surface area contributed by atoms with Gasteiger partial charge in [-0.2, -0.15) is 11.3 Å². The third kappa shape index (κ3) is 4.88. The van der Waals surface area contributed by atoms with E-state index in [1.807, 2.05) is 28.8 Å². The fourth-order valence-electron chi connectivity index (χ4n) is 3.93. The largest absolute Gasteiger partial charge is 0.339 e. The van der Waals surface area contributed by atoms with Gasteiger partial charge >= 0.3 is 0 Å². The van der Waals surface area contributed by atoms with E-state index in [2.05, 4.69) is 55.3 Å². The monoisotopic (exact) mass is 437 g/mol. The molecule has 1 aliphatic rings. The minimum Gasteiger partial charge on any atom is -0.339 e. The van der Waals surface area contributed by atoms with Crippen LogP contribution in [0.4, 0.5) is 0 Å². The van der Waals surface area contributed by atoms with Crippen LogP contribution >= 0.6 is 11.3 Å². The smallest absolute Gasteiger partial charge is 0.245 e. The molecule has 31 heavy (non-hydrogen) atoms. The van der Waals surface area contributed by atoms with Crippen LogP contribution in [0.5, 0.6) is 0 Å². The summed E-state index contributed by atoms with van der Waals surface area (Å²) in [6, 6.07) is 6.07. The lowest BCUT2D eigenvalue weighted by Crippen LogP contribution is -2.40. The second-order valence-corrected chi connectivity index (χ2v) is 8.44. The fraction of sp³-hybridized carbons (Fsp3) is 0.409. The second kappa shape index (κ2) is 9.93. The summed E-state index contributed by atoms with van der Waals surface area (Å²) in [4.78, 5) is 18.4. The molecule has 3 aromatic rings. The molecule has 9 heteroatoms. The van der Waals surface area contributed by atoms with Crippen LogP contribution in [0.2, 0.25) is 0 Å². The van der Waals surface area contributed by atoms with Crippen molar-refractivity contribution in [3.8, 4) is 11.3 Å². The number of rotatable bonds is 8. The summed E-state index contributed by atoms with van der Waals surface area (Å²) < 4.78 is 1.82. The molecule has 1 aliphatic heterocycles. The summed E-state index contributed by atoms with van der Waals surface area (Å²) in [5.74, 6) is 1.29. The van der Waals surface area contributed by atoms with Crippen LogP contribution in [-0.2, 0) is 11.3 Å². The molecular weight excluding hydrogens is 410 g/mol. The van der Waals surface area contributed by atoms with E-state index in [9.17, 15) is 4.79 Å². The molecule has 0 saturated carbocycles.